The van der Waals surface area contributed by atoms with Crippen molar-refractivity contribution in [1.29, 1.82) is 0 Å². The molecule has 2 heterocycles. The number of piperidine rings is 1. The fourth-order valence-corrected chi connectivity index (χ4v) is 2.25. The number of rotatable bonds is 2. The first-order valence-corrected chi connectivity index (χ1v) is 5.31. The van der Waals surface area contributed by atoms with E-state index in [1.54, 1.807) is 0 Å². The van der Waals surface area contributed by atoms with Gasteiger partial charge in [0.05, 0.1) is 0 Å². The number of nitrogens with zero attached hydrogens (tertiary/aromatic N) is 1. The van der Waals surface area contributed by atoms with Gasteiger partial charge in [-0.2, -0.15) is 0 Å². The summed E-state index contributed by atoms with van der Waals surface area (Å²) in [7, 11) is 0. The second-order valence-corrected chi connectivity index (χ2v) is 4.35. The maximum Gasteiger partial charge on any atom is 0.00792 e. The van der Waals surface area contributed by atoms with Crippen molar-refractivity contribution in [1.82, 2.24) is 10.2 Å². The van der Waals surface area contributed by atoms with Crippen molar-refractivity contribution in [2.45, 2.75) is 32.2 Å². The fourth-order valence-electron chi connectivity index (χ4n) is 2.25. The van der Waals surface area contributed by atoms with E-state index in [1.165, 1.54) is 45.4 Å². The fraction of sp³-hybridized carbons (Fsp3) is 1.00. The molecular weight excluding hydrogens is 148 g/mol. The minimum atomic E-state index is 0.868. The topological polar surface area (TPSA) is 15.3 Å². The molecule has 2 fully saturated rings. The zero-order valence-electron chi connectivity index (χ0n) is 8.05. The van der Waals surface area contributed by atoms with Gasteiger partial charge in [-0.1, -0.05) is 0 Å². The minimum Gasteiger partial charge on any atom is -0.316 e. The SMILES string of the molecule is CC1CCN1CC1CCCNC1. The summed E-state index contributed by atoms with van der Waals surface area (Å²) in [5.41, 5.74) is 0. The monoisotopic (exact) mass is 168 g/mol. The normalized spacial score (nSPS) is 37.8. The molecule has 0 aromatic carbocycles. The third-order valence-electron chi connectivity index (χ3n) is 3.35. The van der Waals surface area contributed by atoms with Gasteiger partial charge < -0.3 is 10.2 Å². The van der Waals surface area contributed by atoms with Crippen LogP contribution in [0.15, 0.2) is 0 Å². The van der Waals surface area contributed by atoms with Crippen LogP contribution in [-0.2, 0) is 0 Å². The van der Waals surface area contributed by atoms with Crippen LogP contribution in [0, 0.1) is 5.92 Å². The Morgan fingerprint density at radius 3 is 2.83 bits per heavy atom. The van der Waals surface area contributed by atoms with E-state index in [2.05, 4.69) is 17.1 Å². The molecule has 0 bridgehead atoms. The van der Waals surface area contributed by atoms with Gasteiger partial charge in [0.1, 0.15) is 0 Å². The first-order valence-electron chi connectivity index (χ1n) is 5.31. The maximum atomic E-state index is 3.48. The molecule has 0 amide bonds. The third kappa shape index (κ3) is 1.80. The van der Waals surface area contributed by atoms with Gasteiger partial charge in [-0.3, -0.25) is 0 Å². The molecule has 2 unspecified atom stereocenters. The lowest BCUT2D eigenvalue weighted by Gasteiger charge is -2.41. The number of hydrogen-bond acceptors (Lipinski definition) is 2. The summed E-state index contributed by atoms with van der Waals surface area (Å²) < 4.78 is 0. The predicted molar refractivity (Wildman–Crippen MR) is 51.2 cm³/mol. The molecule has 70 valence electrons. The highest BCUT2D eigenvalue weighted by Gasteiger charge is 2.26. The molecule has 12 heavy (non-hydrogen) atoms. The van der Waals surface area contributed by atoms with Crippen molar-refractivity contribution < 1.29 is 0 Å². The molecule has 2 aliphatic heterocycles. The molecule has 0 spiro atoms. The van der Waals surface area contributed by atoms with Gasteiger partial charge in [0, 0.05) is 12.6 Å². The van der Waals surface area contributed by atoms with E-state index in [0.29, 0.717) is 0 Å². The van der Waals surface area contributed by atoms with Gasteiger partial charge in [0.15, 0.2) is 0 Å². The van der Waals surface area contributed by atoms with Crippen molar-refractivity contribution in [3.05, 3.63) is 0 Å². The summed E-state index contributed by atoms with van der Waals surface area (Å²) >= 11 is 0. The van der Waals surface area contributed by atoms with Crippen LogP contribution in [0.3, 0.4) is 0 Å². The lowest BCUT2D eigenvalue weighted by molar-refractivity contribution is 0.0777. The molecule has 2 heteroatoms. The van der Waals surface area contributed by atoms with Crippen LogP contribution in [0.25, 0.3) is 0 Å². The molecule has 2 aliphatic rings. The highest BCUT2D eigenvalue weighted by molar-refractivity contribution is 4.82. The van der Waals surface area contributed by atoms with E-state index < -0.39 is 0 Å². The largest absolute Gasteiger partial charge is 0.316 e. The molecule has 0 aromatic rings. The van der Waals surface area contributed by atoms with Gasteiger partial charge in [-0.15, -0.1) is 0 Å². The second kappa shape index (κ2) is 3.75. The van der Waals surface area contributed by atoms with E-state index in [9.17, 15) is 0 Å². The zero-order valence-corrected chi connectivity index (χ0v) is 8.05. The summed E-state index contributed by atoms with van der Waals surface area (Å²) in [6, 6.07) is 0.868. The summed E-state index contributed by atoms with van der Waals surface area (Å²) in [6.07, 6.45) is 4.24. The molecule has 0 aliphatic carbocycles. The summed E-state index contributed by atoms with van der Waals surface area (Å²) in [4.78, 5) is 2.62. The molecule has 2 rings (SSSR count). The van der Waals surface area contributed by atoms with E-state index in [1.807, 2.05) is 0 Å². The number of nitrogens with one attached hydrogen (secondary N) is 1. The quantitative estimate of drug-likeness (QED) is 0.664. The number of likely N-dealkylation sites (tertiary alicyclic amines) is 1. The van der Waals surface area contributed by atoms with Crippen LogP contribution < -0.4 is 5.32 Å². The number of hydrogen-bond donors (Lipinski definition) is 1. The Kier molecular flexibility index (Phi) is 2.66. The van der Waals surface area contributed by atoms with Gasteiger partial charge in [0.2, 0.25) is 0 Å². The van der Waals surface area contributed by atoms with Crippen LogP contribution in [-0.4, -0.2) is 37.1 Å². The molecule has 1 N–H and O–H groups in total. The molecule has 2 atom stereocenters. The Labute approximate surface area is 75.3 Å². The van der Waals surface area contributed by atoms with Crippen LogP contribution in [0.5, 0.6) is 0 Å². The first-order chi connectivity index (χ1) is 5.86. The Bertz CT molecular complexity index is 141. The molecule has 2 nitrogen and oxygen atoms in total. The van der Waals surface area contributed by atoms with E-state index in [4.69, 9.17) is 0 Å². The highest BCUT2D eigenvalue weighted by atomic mass is 15.2. The maximum absolute atomic E-state index is 3.48. The standard InChI is InChI=1S/C10H20N2/c1-9-4-6-12(9)8-10-3-2-5-11-7-10/h9-11H,2-8H2,1H3. The smallest absolute Gasteiger partial charge is 0.00792 e. The molecule has 0 radical (unpaired) electrons. The zero-order chi connectivity index (χ0) is 8.39. The average Bonchev–Trinajstić information content (AvgIpc) is 2.14. The van der Waals surface area contributed by atoms with Crippen molar-refractivity contribution in [3.8, 4) is 0 Å². The van der Waals surface area contributed by atoms with Crippen molar-refractivity contribution in [2.75, 3.05) is 26.2 Å². The Morgan fingerprint density at radius 1 is 1.42 bits per heavy atom. The highest BCUT2D eigenvalue weighted by Crippen LogP contribution is 2.20. The second-order valence-electron chi connectivity index (χ2n) is 4.35. The lowest BCUT2D eigenvalue weighted by atomic mass is 9.95. The van der Waals surface area contributed by atoms with Crippen LogP contribution in [0.4, 0.5) is 0 Å². The summed E-state index contributed by atoms with van der Waals surface area (Å²) in [5, 5.41) is 3.48. The predicted octanol–water partition coefficient (Wildman–Crippen LogP) is 1.08. The van der Waals surface area contributed by atoms with Crippen molar-refractivity contribution in [2.24, 2.45) is 5.92 Å². The Balaban J connectivity index is 1.70. The summed E-state index contributed by atoms with van der Waals surface area (Å²) in [5.74, 6) is 0.932. The summed E-state index contributed by atoms with van der Waals surface area (Å²) in [6.45, 7) is 7.53. The van der Waals surface area contributed by atoms with E-state index >= 15 is 0 Å². The lowest BCUT2D eigenvalue weighted by Crippen LogP contribution is -2.49. The van der Waals surface area contributed by atoms with Gasteiger partial charge in [0.25, 0.3) is 0 Å². The van der Waals surface area contributed by atoms with Gasteiger partial charge in [-0.05, 0) is 51.7 Å². The molecule has 0 aromatic heterocycles. The average molecular weight is 168 g/mol. The van der Waals surface area contributed by atoms with Crippen molar-refractivity contribution >= 4 is 0 Å². The van der Waals surface area contributed by atoms with E-state index in [-0.39, 0.29) is 0 Å². The van der Waals surface area contributed by atoms with E-state index in [0.717, 1.165) is 12.0 Å². The Morgan fingerprint density at radius 2 is 2.33 bits per heavy atom. The first kappa shape index (κ1) is 8.52. The molecule has 0 saturated carbocycles. The van der Waals surface area contributed by atoms with Crippen LogP contribution >= 0.6 is 0 Å². The van der Waals surface area contributed by atoms with Crippen LogP contribution in [0.1, 0.15) is 26.2 Å². The minimum absolute atomic E-state index is 0.868. The van der Waals surface area contributed by atoms with Crippen LogP contribution in [0.2, 0.25) is 0 Å². The van der Waals surface area contributed by atoms with Gasteiger partial charge in [-0.25, -0.2) is 0 Å². The Hall–Kier alpha value is -0.0800. The third-order valence-corrected chi connectivity index (χ3v) is 3.35. The van der Waals surface area contributed by atoms with Crippen molar-refractivity contribution in [3.63, 3.8) is 0 Å². The van der Waals surface area contributed by atoms with Gasteiger partial charge >= 0.3 is 0 Å². The molecular formula is C10H20N2. The molecule has 2 saturated heterocycles.